The first-order valence-corrected chi connectivity index (χ1v) is 12.2. The number of carbonyl (C=O) groups is 1. The number of aromatic nitrogens is 2. The molecule has 1 amide bonds. The Labute approximate surface area is 200 Å². The summed E-state index contributed by atoms with van der Waals surface area (Å²) in [6.07, 6.45) is 3.67. The molecule has 2 aliphatic heterocycles. The number of benzene rings is 1. The smallest absolute Gasteiger partial charge is 0.255 e. The minimum absolute atomic E-state index is 0.0516. The van der Waals surface area contributed by atoms with Crippen molar-refractivity contribution in [2.45, 2.75) is 51.1 Å². The Balaban J connectivity index is 1.20. The van der Waals surface area contributed by atoms with Crippen molar-refractivity contribution in [1.82, 2.24) is 25.7 Å². The Morgan fingerprint density at radius 1 is 1.21 bits per heavy atom. The lowest BCUT2D eigenvalue weighted by atomic mass is 10.00. The van der Waals surface area contributed by atoms with E-state index in [1.165, 1.54) is 5.56 Å². The number of aromatic amines is 1. The van der Waals surface area contributed by atoms with Gasteiger partial charge in [0.25, 0.3) is 5.56 Å². The van der Waals surface area contributed by atoms with E-state index in [0.717, 1.165) is 19.3 Å². The SMILES string of the molecule is Cc1nc(N2CCOCC2)[nH]c(=O)c1CCC(=O)N(C)CCCC1CC(c2ccccc2)NN1. The van der Waals surface area contributed by atoms with Gasteiger partial charge >= 0.3 is 0 Å². The molecule has 2 fully saturated rings. The third-order valence-corrected chi connectivity index (χ3v) is 6.76. The van der Waals surface area contributed by atoms with Crippen molar-refractivity contribution in [3.8, 4) is 0 Å². The summed E-state index contributed by atoms with van der Waals surface area (Å²) in [6, 6.07) is 11.2. The van der Waals surface area contributed by atoms with Crippen LogP contribution < -0.4 is 21.3 Å². The zero-order valence-corrected chi connectivity index (χ0v) is 20.2. The highest BCUT2D eigenvalue weighted by molar-refractivity contribution is 5.76. The Bertz CT molecular complexity index is 1010. The first-order chi connectivity index (χ1) is 16.5. The quantitative estimate of drug-likeness (QED) is 0.515. The van der Waals surface area contributed by atoms with Crippen LogP contribution in [0, 0.1) is 6.92 Å². The van der Waals surface area contributed by atoms with Gasteiger partial charge in [-0.2, -0.15) is 0 Å². The van der Waals surface area contributed by atoms with E-state index in [9.17, 15) is 9.59 Å². The fraction of sp³-hybridized carbons (Fsp3) is 0.560. The third-order valence-electron chi connectivity index (χ3n) is 6.76. The van der Waals surface area contributed by atoms with E-state index in [4.69, 9.17) is 4.74 Å². The molecule has 184 valence electrons. The van der Waals surface area contributed by atoms with Gasteiger partial charge in [-0.1, -0.05) is 30.3 Å². The zero-order valence-electron chi connectivity index (χ0n) is 20.2. The Kier molecular flexibility index (Phi) is 8.31. The van der Waals surface area contributed by atoms with Crippen LogP contribution in [0.25, 0.3) is 0 Å². The largest absolute Gasteiger partial charge is 0.378 e. The molecule has 0 spiro atoms. The van der Waals surface area contributed by atoms with Gasteiger partial charge in [0.15, 0.2) is 0 Å². The molecule has 2 saturated heterocycles. The predicted octanol–water partition coefficient (Wildman–Crippen LogP) is 1.69. The number of amides is 1. The van der Waals surface area contributed by atoms with Crippen molar-refractivity contribution in [3.63, 3.8) is 0 Å². The van der Waals surface area contributed by atoms with Gasteiger partial charge in [0.1, 0.15) is 0 Å². The molecule has 34 heavy (non-hydrogen) atoms. The Hall–Kier alpha value is -2.75. The fourth-order valence-electron chi connectivity index (χ4n) is 4.65. The van der Waals surface area contributed by atoms with E-state index < -0.39 is 0 Å². The number of hydrogen-bond donors (Lipinski definition) is 3. The van der Waals surface area contributed by atoms with Crippen LogP contribution >= 0.6 is 0 Å². The fourth-order valence-corrected chi connectivity index (χ4v) is 4.65. The standard InChI is InChI=1S/C25H36N6O3/c1-18-21(24(33)27-25(26-18)31-13-15-34-16-14-31)10-11-23(32)30(2)12-6-9-20-17-22(29-28-20)19-7-4-3-5-8-19/h3-5,7-8,20,22,28-29H,6,9-17H2,1-2H3,(H,26,27,33). The number of hydrogen-bond acceptors (Lipinski definition) is 7. The van der Waals surface area contributed by atoms with Crippen molar-refractivity contribution >= 4 is 11.9 Å². The van der Waals surface area contributed by atoms with Crippen LogP contribution in [0.5, 0.6) is 0 Å². The number of aryl methyl sites for hydroxylation is 1. The number of H-pyrrole nitrogens is 1. The van der Waals surface area contributed by atoms with Gasteiger partial charge in [-0.05, 0) is 38.2 Å². The molecule has 0 saturated carbocycles. The maximum absolute atomic E-state index is 12.7. The van der Waals surface area contributed by atoms with E-state index in [0.29, 0.717) is 75.0 Å². The monoisotopic (exact) mass is 468 g/mol. The van der Waals surface area contributed by atoms with Gasteiger partial charge in [0.05, 0.1) is 13.2 Å². The number of nitrogens with zero attached hydrogens (tertiary/aromatic N) is 3. The second-order valence-electron chi connectivity index (χ2n) is 9.20. The Morgan fingerprint density at radius 2 is 1.97 bits per heavy atom. The molecule has 9 heteroatoms. The van der Waals surface area contributed by atoms with Gasteiger partial charge < -0.3 is 14.5 Å². The van der Waals surface area contributed by atoms with Crippen molar-refractivity contribution in [2.75, 3.05) is 44.8 Å². The average molecular weight is 469 g/mol. The number of ether oxygens (including phenoxy) is 1. The highest BCUT2D eigenvalue weighted by Crippen LogP contribution is 2.23. The zero-order chi connectivity index (χ0) is 23.9. The summed E-state index contributed by atoms with van der Waals surface area (Å²) < 4.78 is 5.36. The van der Waals surface area contributed by atoms with E-state index >= 15 is 0 Å². The lowest BCUT2D eigenvalue weighted by molar-refractivity contribution is -0.129. The van der Waals surface area contributed by atoms with Crippen LogP contribution in [0.15, 0.2) is 35.1 Å². The number of nitrogens with one attached hydrogen (secondary N) is 3. The van der Waals surface area contributed by atoms with Crippen molar-refractivity contribution in [2.24, 2.45) is 0 Å². The van der Waals surface area contributed by atoms with Crippen LogP contribution in [0.3, 0.4) is 0 Å². The molecule has 9 nitrogen and oxygen atoms in total. The maximum Gasteiger partial charge on any atom is 0.255 e. The van der Waals surface area contributed by atoms with Crippen molar-refractivity contribution < 1.29 is 9.53 Å². The summed E-state index contributed by atoms with van der Waals surface area (Å²) in [4.78, 5) is 36.6. The summed E-state index contributed by atoms with van der Waals surface area (Å²) in [5, 5.41) is 0. The first-order valence-electron chi connectivity index (χ1n) is 12.2. The summed E-state index contributed by atoms with van der Waals surface area (Å²) in [5.74, 6) is 0.637. The molecule has 3 N–H and O–H groups in total. The molecule has 2 unspecified atom stereocenters. The molecule has 0 aliphatic carbocycles. The minimum atomic E-state index is -0.155. The molecule has 1 aromatic carbocycles. The molecule has 2 aliphatic rings. The highest BCUT2D eigenvalue weighted by Gasteiger charge is 2.24. The lowest BCUT2D eigenvalue weighted by Gasteiger charge is -2.27. The molecule has 2 aromatic rings. The van der Waals surface area contributed by atoms with Crippen LogP contribution in [0.1, 0.15) is 48.5 Å². The minimum Gasteiger partial charge on any atom is -0.378 e. The van der Waals surface area contributed by atoms with Gasteiger partial charge in [0.2, 0.25) is 11.9 Å². The molecular formula is C25H36N6O3. The lowest BCUT2D eigenvalue weighted by Crippen LogP contribution is -2.38. The first kappa shape index (κ1) is 24.4. The number of morpholine rings is 1. The summed E-state index contributed by atoms with van der Waals surface area (Å²) in [7, 11) is 1.84. The molecule has 2 atom stereocenters. The second-order valence-corrected chi connectivity index (χ2v) is 9.20. The van der Waals surface area contributed by atoms with E-state index in [2.05, 4.69) is 45.1 Å². The van der Waals surface area contributed by atoms with E-state index in [1.54, 1.807) is 4.90 Å². The maximum atomic E-state index is 12.7. The summed E-state index contributed by atoms with van der Waals surface area (Å²) in [6.45, 7) is 5.23. The molecule has 0 radical (unpaired) electrons. The molecule has 1 aromatic heterocycles. The second kappa shape index (κ2) is 11.6. The molecule has 4 rings (SSSR count). The predicted molar refractivity (Wildman–Crippen MR) is 132 cm³/mol. The number of hydrazine groups is 1. The van der Waals surface area contributed by atoms with Gasteiger partial charge in [0, 0.05) is 56.4 Å². The summed E-state index contributed by atoms with van der Waals surface area (Å²) >= 11 is 0. The number of rotatable bonds is 9. The van der Waals surface area contributed by atoms with Crippen LogP contribution in [-0.4, -0.2) is 66.7 Å². The van der Waals surface area contributed by atoms with Crippen molar-refractivity contribution in [3.05, 3.63) is 57.5 Å². The van der Waals surface area contributed by atoms with Gasteiger partial charge in [-0.3, -0.25) is 25.4 Å². The Morgan fingerprint density at radius 3 is 2.71 bits per heavy atom. The highest BCUT2D eigenvalue weighted by atomic mass is 16.5. The van der Waals surface area contributed by atoms with E-state index in [1.807, 2.05) is 24.9 Å². The van der Waals surface area contributed by atoms with Crippen molar-refractivity contribution in [1.29, 1.82) is 0 Å². The molecule has 3 heterocycles. The van der Waals surface area contributed by atoms with Crippen LogP contribution in [0.2, 0.25) is 0 Å². The molecule has 0 bridgehead atoms. The van der Waals surface area contributed by atoms with Gasteiger partial charge in [-0.15, -0.1) is 0 Å². The van der Waals surface area contributed by atoms with Crippen LogP contribution in [0.4, 0.5) is 5.95 Å². The topological polar surface area (TPSA) is 103 Å². The average Bonchev–Trinajstić information content (AvgIpc) is 3.33. The van der Waals surface area contributed by atoms with Gasteiger partial charge in [-0.25, -0.2) is 4.98 Å². The number of carbonyl (C=O) groups excluding carboxylic acids is 1. The normalized spacial score (nSPS) is 20.5. The summed E-state index contributed by atoms with van der Waals surface area (Å²) in [5.41, 5.74) is 9.18. The van der Waals surface area contributed by atoms with E-state index in [-0.39, 0.29) is 11.5 Å². The van der Waals surface area contributed by atoms with Crippen LogP contribution in [-0.2, 0) is 16.0 Å². The number of anilines is 1. The molecular weight excluding hydrogens is 432 g/mol. The third kappa shape index (κ3) is 6.22.